The maximum Gasteiger partial charge on any atom is 0.359 e. The van der Waals surface area contributed by atoms with Gasteiger partial charge in [-0.25, -0.2) is 20.6 Å². The predicted molar refractivity (Wildman–Crippen MR) is 86.9 cm³/mol. The molecule has 116 valence electrons. The van der Waals surface area contributed by atoms with Crippen molar-refractivity contribution in [1.82, 2.24) is 10.3 Å². The van der Waals surface area contributed by atoms with Crippen LogP contribution in [0, 0.1) is 0 Å². The third-order valence-electron chi connectivity index (χ3n) is 4.10. The molecule has 6 nitrogen and oxygen atoms in total. The first-order valence-corrected chi connectivity index (χ1v) is 8.61. The van der Waals surface area contributed by atoms with E-state index in [-0.39, 0.29) is 0 Å². The Morgan fingerprint density at radius 3 is 3.18 bits per heavy atom. The quantitative estimate of drug-likeness (QED) is 0.570. The molecule has 0 bridgehead atoms. The minimum atomic E-state index is 0.428. The van der Waals surface area contributed by atoms with E-state index in [0.717, 1.165) is 43.1 Å². The van der Waals surface area contributed by atoms with Gasteiger partial charge in [0, 0.05) is 6.61 Å². The van der Waals surface area contributed by atoms with Crippen LogP contribution in [0.5, 0.6) is 0 Å². The molecule has 0 saturated carbocycles. The molecule has 1 saturated heterocycles. The Morgan fingerprint density at radius 1 is 1.45 bits per heavy atom. The number of anilines is 1. The lowest BCUT2D eigenvalue weighted by Gasteiger charge is -2.22. The SMILES string of the molecule is c1ccc2sc(NC3=[NH+]C[NH+](C[C@@H]4CCCO4)CN3)nc2c1. The Morgan fingerprint density at radius 2 is 2.41 bits per heavy atom. The van der Waals surface area contributed by atoms with Crippen molar-refractivity contribution in [3.05, 3.63) is 24.3 Å². The second-order valence-corrected chi connectivity index (χ2v) is 6.81. The molecule has 0 amide bonds. The number of quaternary nitrogens is 1. The molecule has 1 fully saturated rings. The molecule has 0 aliphatic carbocycles. The van der Waals surface area contributed by atoms with Crippen molar-refractivity contribution in [2.45, 2.75) is 18.9 Å². The maximum atomic E-state index is 5.70. The third-order valence-corrected chi connectivity index (χ3v) is 5.05. The van der Waals surface area contributed by atoms with Crippen LogP contribution in [0.1, 0.15) is 12.8 Å². The number of aromatic nitrogens is 1. The smallest absolute Gasteiger partial charge is 0.359 e. The summed E-state index contributed by atoms with van der Waals surface area (Å²) in [6.07, 6.45) is 2.83. The van der Waals surface area contributed by atoms with E-state index in [9.17, 15) is 0 Å². The molecule has 1 aromatic heterocycles. The molecule has 1 unspecified atom stereocenters. The number of hydrogen-bond acceptors (Lipinski definition) is 5. The topological polar surface area (TPSA) is 64.6 Å². The summed E-state index contributed by atoms with van der Waals surface area (Å²) in [6.45, 7) is 3.80. The van der Waals surface area contributed by atoms with E-state index >= 15 is 0 Å². The van der Waals surface area contributed by atoms with Crippen molar-refractivity contribution < 1.29 is 14.6 Å². The van der Waals surface area contributed by atoms with Gasteiger partial charge in [-0.3, -0.25) is 4.90 Å². The fourth-order valence-electron chi connectivity index (χ4n) is 2.94. The number of para-hydroxylation sites is 1. The van der Waals surface area contributed by atoms with Crippen molar-refractivity contribution in [1.29, 1.82) is 0 Å². The van der Waals surface area contributed by atoms with Gasteiger partial charge in [-0.05, 0) is 25.0 Å². The summed E-state index contributed by atoms with van der Waals surface area (Å²) in [5.41, 5.74) is 1.04. The summed E-state index contributed by atoms with van der Waals surface area (Å²) in [4.78, 5) is 9.47. The highest BCUT2D eigenvalue weighted by Gasteiger charge is 2.26. The van der Waals surface area contributed by atoms with E-state index in [1.807, 2.05) is 18.2 Å². The van der Waals surface area contributed by atoms with Gasteiger partial charge in [0.1, 0.15) is 12.6 Å². The molecule has 3 heterocycles. The van der Waals surface area contributed by atoms with Crippen molar-refractivity contribution in [2.24, 2.45) is 0 Å². The number of thiazole rings is 1. The van der Waals surface area contributed by atoms with Crippen LogP contribution in [-0.4, -0.2) is 43.5 Å². The van der Waals surface area contributed by atoms with Crippen molar-refractivity contribution in [2.75, 3.05) is 31.8 Å². The van der Waals surface area contributed by atoms with E-state index in [0.29, 0.717) is 6.10 Å². The molecule has 2 aliphatic rings. The Labute approximate surface area is 133 Å². The minimum Gasteiger partial charge on any atom is -0.372 e. The zero-order valence-corrected chi connectivity index (χ0v) is 13.2. The predicted octanol–water partition coefficient (Wildman–Crippen LogP) is -1.27. The summed E-state index contributed by atoms with van der Waals surface area (Å²) in [5, 5.41) is 7.66. The van der Waals surface area contributed by atoms with Crippen LogP contribution in [0.25, 0.3) is 10.2 Å². The van der Waals surface area contributed by atoms with Crippen LogP contribution in [0.4, 0.5) is 5.13 Å². The zero-order chi connectivity index (χ0) is 14.8. The molecule has 22 heavy (non-hydrogen) atoms. The lowest BCUT2D eigenvalue weighted by atomic mass is 10.2. The first kappa shape index (κ1) is 13.9. The molecule has 4 rings (SSSR count). The highest BCUT2D eigenvalue weighted by Crippen LogP contribution is 2.24. The second kappa shape index (κ2) is 6.20. The Balaban J connectivity index is 1.36. The number of rotatable bonds is 3. The minimum absolute atomic E-state index is 0.428. The number of guanidine groups is 1. The highest BCUT2D eigenvalue weighted by molar-refractivity contribution is 7.22. The normalized spacial score (nSPS) is 25.0. The molecule has 1 aromatic carbocycles. The third kappa shape index (κ3) is 3.06. The van der Waals surface area contributed by atoms with Crippen molar-refractivity contribution in [3.8, 4) is 0 Å². The molecular weight excluding hydrogens is 298 g/mol. The second-order valence-electron chi connectivity index (χ2n) is 5.78. The standard InChI is InChI=1S/C15H19N5OS/c1-2-6-13-12(5-1)18-15(22-13)19-14-16-9-20(10-17-14)8-11-4-3-7-21-11/h1-2,5-6,11H,3-4,7-10H2,(H2,16,17,18,19)/p+2/t11-/m0/s1. The number of ether oxygens (including phenoxy) is 1. The molecule has 0 spiro atoms. The lowest BCUT2D eigenvalue weighted by molar-refractivity contribution is -0.982. The summed E-state index contributed by atoms with van der Waals surface area (Å²) in [6, 6.07) is 8.19. The fraction of sp³-hybridized carbons (Fsp3) is 0.467. The number of benzene rings is 1. The van der Waals surface area contributed by atoms with Gasteiger partial charge in [0.05, 0.1) is 10.2 Å². The van der Waals surface area contributed by atoms with Crippen LogP contribution in [-0.2, 0) is 4.74 Å². The van der Waals surface area contributed by atoms with Crippen LogP contribution in [0.3, 0.4) is 0 Å². The average molecular weight is 319 g/mol. The van der Waals surface area contributed by atoms with E-state index in [1.54, 1.807) is 11.3 Å². The number of nitrogens with zero attached hydrogens (tertiary/aromatic N) is 1. The largest absolute Gasteiger partial charge is 0.372 e. The first-order valence-electron chi connectivity index (χ1n) is 7.79. The lowest BCUT2D eigenvalue weighted by Crippen LogP contribution is -3.24. The molecule has 4 N–H and O–H groups in total. The molecule has 7 heteroatoms. The Hall–Kier alpha value is -1.70. The van der Waals surface area contributed by atoms with Gasteiger partial charge in [-0.2, -0.15) is 0 Å². The van der Waals surface area contributed by atoms with E-state index in [2.05, 4.69) is 26.7 Å². The van der Waals surface area contributed by atoms with Gasteiger partial charge in [-0.1, -0.05) is 23.5 Å². The molecule has 2 aromatic rings. The van der Waals surface area contributed by atoms with E-state index < -0.39 is 0 Å². The molecule has 0 radical (unpaired) electrons. The fourth-order valence-corrected chi connectivity index (χ4v) is 3.81. The van der Waals surface area contributed by atoms with E-state index in [1.165, 1.54) is 22.4 Å². The van der Waals surface area contributed by atoms with Crippen LogP contribution >= 0.6 is 11.3 Å². The summed E-state index contributed by atoms with van der Waals surface area (Å²) < 4.78 is 6.91. The highest BCUT2D eigenvalue weighted by atomic mass is 32.1. The molecule has 2 aliphatic heterocycles. The van der Waals surface area contributed by atoms with Gasteiger partial charge >= 0.3 is 5.96 Å². The van der Waals surface area contributed by atoms with Crippen molar-refractivity contribution >= 4 is 32.6 Å². The number of nitrogens with one attached hydrogen (secondary N) is 4. The van der Waals surface area contributed by atoms with Crippen LogP contribution in [0.2, 0.25) is 0 Å². The average Bonchev–Trinajstić information content (AvgIpc) is 3.18. The Bertz CT molecular complexity index is 646. The first-order chi connectivity index (χ1) is 10.9. The van der Waals surface area contributed by atoms with Gasteiger partial charge in [0.15, 0.2) is 13.3 Å². The Kier molecular flexibility index (Phi) is 3.92. The van der Waals surface area contributed by atoms with Crippen LogP contribution in [0.15, 0.2) is 24.3 Å². The van der Waals surface area contributed by atoms with Crippen LogP contribution < -0.4 is 20.5 Å². The van der Waals surface area contributed by atoms with Gasteiger partial charge < -0.3 is 4.74 Å². The molecular formula is C15H21N5OS+2. The molecule has 2 atom stereocenters. The van der Waals surface area contributed by atoms with Gasteiger partial charge in [0.2, 0.25) is 0 Å². The van der Waals surface area contributed by atoms with E-state index in [4.69, 9.17) is 4.74 Å². The maximum absolute atomic E-state index is 5.70. The monoisotopic (exact) mass is 319 g/mol. The summed E-state index contributed by atoms with van der Waals surface area (Å²) in [5.74, 6) is 0.940. The zero-order valence-electron chi connectivity index (χ0n) is 12.4. The number of hydrogen-bond donors (Lipinski definition) is 4. The summed E-state index contributed by atoms with van der Waals surface area (Å²) >= 11 is 1.67. The summed E-state index contributed by atoms with van der Waals surface area (Å²) in [7, 11) is 0. The van der Waals surface area contributed by atoms with Crippen molar-refractivity contribution in [3.63, 3.8) is 0 Å². The number of fused-ring (bicyclic) bond motifs is 1. The van der Waals surface area contributed by atoms with Gasteiger partial charge in [0.25, 0.3) is 5.13 Å². The van der Waals surface area contributed by atoms with Gasteiger partial charge in [-0.15, -0.1) is 0 Å².